The molecular formula is C27H27ClN2O5S. The van der Waals surface area contributed by atoms with Gasteiger partial charge in [-0.15, -0.1) is 0 Å². The van der Waals surface area contributed by atoms with Crippen molar-refractivity contribution in [2.75, 3.05) is 25.5 Å². The predicted octanol–water partition coefficient (Wildman–Crippen LogP) is 4.93. The lowest BCUT2D eigenvalue weighted by Crippen LogP contribution is -2.41. The number of carbonyl (C=O) groups excluding carboxylic acids is 2. The van der Waals surface area contributed by atoms with E-state index in [-0.39, 0.29) is 29.7 Å². The molecule has 1 N–H and O–H groups in total. The van der Waals surface area contributed by atoms with Crippen molar-refractivity contribution >= 4 is 39.0 Å². The summed E-state index contributed by atoms with van der Waals surface area (Å²) >= 11 is 6.14. The lowest BCUT2D eigenvalue weighted by molar-refractivity contribution is -0.120. The van der Waals surface area contributed by atoms with Crippen LogP contribution in [0.1, 0.15) is 34.3 Å². The summed E-state index contributed by atoms with van der Waals surface area (Å²) < 4.78 is 33.2. The summed E-state index contributed by atoms with van der Waals surface area (Å²) in [6.45, 7) is 2.23. The third kappa shape index (κ3) is 5.46. The number of halogens is 1. The first-order chi connectivity index (χ1) is 17.2. The normalized spacial score (nSPS) is 14.9. The molecule has 0 bridgehead atoms. The minimum atomic E-state index is -3.77. The largest absolute Gasteiger partial charge is 0.495 e. The van der Waals surface area contributed by atoms with Gasteiger partial charge in [0.05, 0.1) is 12.8 Å². The van der Waals surface area contributed by atoms with E-state index in [9.17, 15) is 18.0 Å². The molecule has 0 spiro atoms. The summed E-state index contributed by atoms with van der Waals surface area (Å²) in [4.78, 5) is 26.3. The van der Waals surface area contributed by atoms with Crippen LogP contribution in [0.5, 0.6) is 5.75 Å². The van der Waals surface area contributed by atoms with E-state index < -0.39 is 15.9 Å². The zero-order valence-electron chi connectivity index (χ0n) is 20.0. The summed E-state index contributed by atoms with van der Waals surface area (Å²) in [5.74, 6) is -0.615. The van der Waals surface area contributed by atoms with E-state index in [1.165, 1.54) is 17.5 Å². The van der Waals surface area contributed by atoms with Crippen LogP contribution < -0.4 is 10.1 Å². The molecule has 9 heteroatoms. The second-order valence-electron chi connectivity index (χ2n) is 8.71. The molecule has 188 valence electrons. The highest BCUT2D eigenvalue weighted by Gasteiger charge is 2.34. The number of amides is 1. The van der Waals surface area contributed by atoms with Crippen LogP contribution in [-0.2, 0) is 14.8 Å². The Morgan fingerprint density at radius 3 is 2.36 bits per heavy atom. The lowest BCUT2D eigenvalue weighted by Gasteiger charge is -2.31. The van der Waals surface area contributed by atoms with Crippen molar-refractivity contribution in [2.24, 2.45) is 5.92 Å². The molecule has 1 heterocycles. The molecule has 0 aliphatic carbocycles. The Morgan fingerprint density at radius 2 is 1.69 bits per heavy atom. The topological polar surface area (TPSA) is 92.8 Å². The second kappa shape index (κ2) is 10.8. The van der Waals surface area contributed by atoms with Crippen molar-refractivity contribution in [3.05, 3.63) is 88.4 Å². The van der Waals surface area contributed by atoms with Gasteiger partial charge in [0.15, 0.2) is 5.78 Å². The van der Waals surface area contributed by atoms with Crippen molar-refractivity contribution in [1.82, 2.24) is 4.31 Å². The molecular weight excluding hydrogens is 500 g/mol. The first kappa shape index (κ1) is 25.9. The molecule has 0 saturated carbocycles. The van der Waals surface area contributed by atoms with Crippen molar-refractivity contribution in [3.8, 4) is 5.75 Å². The van der Waals surface area contributed by atoms with Gasteiger partial charge in [0, 0.05) is 35.2 Å². The molecule has 36 heavy (non-hydrogen) atoms. The maximum Gasteiger partial charge on any atom is 0.246 e. The van der Waals surface area contributed by atoms with Gasteiger partial charge in [-0.05, 0) is 55.7 Å². The molecule has 0 radical (unpaired) electrons. The maximum absolute atomic E-state index is 13.3. The summed E-state index contributed by atoms with van der Waals surface area (Å²) in [5, 5.41) is 3.25. The van der Waals surface area contributed by atoms with Crippen LogP contribution in [0.4, 0.5) is 5.69 Å². The molecule has 1 fully saturated rings. The summed E-state index contributed by atoms with van der Waals surface area (Å²) in [5.41, 5.74) is 1.97. The van der Waals surface area contributed by atoms with E-state index in [1.807, 2.05) is 13.0 Å². The first-order valence-electron chi connectivity index (χ1n) is 11.6. The SMILES string of the molecule is COc1ccc(C)cc1S(=O)(=O)N1CCC(C(=O)Nc2ccc(Cl)cc2C(=O)c2ccccc2)CC1. The van der Waals surface area contributed by atoms with Crippen LogP contribution in [0, 0.1) is 12.8 Å². The molecule has 3 aromatic rings. The van der Waals surface area contributed by atoms with Crippen molar-refractivity contribution in [1.29, 1.82) is 0 Å². The van der Waals surface area contributed by atoms with Crippen molar-refractivity contribution < 1.29 is 22.7 Å². The number of nitrogens with zero attached hydrogens (tertiary/aromatic N) is 1. The van der Waals surface area contributed by atoms with Crippen LogP contribution >= 0.6 is 11.6 Å². The summed E-state index contributed by atoms with van der Waals surface area (Å²) in [7, 11) is -2.33. The molecule has 7 nitrogen and oxygen atoms in total. The van der Waals surface area contributed by atoms with Gasteiger partial charge in [-0.3, -0.25) is 9.59 Å². The summed E-state index contributed by atoms with van der Waals surface area (Å²) in [6.07, 6.45) is 0.712. The number of ether oxygens (including phenoxy) is 1. The van der Waals surface area contributed by atoms with Crippen LogP contribution in [0.2, 0.25) is 5.02 Å². The zero-order valence-corrected chi connectivity index (χ0v) is 21.6. The molecule has 3 aromatic carbocycles. The van der Waals surface area contributed by atoms with Crippen molar-refractivity contribution in [2.45, 2.75) is 24.7 Å². The van der Waals surface area contributed by atoms with Gasteiger partial charge in [-0.25, -0.2) is 8.42 Å². The van der Waals surface area contributed by atoms with E-state index in [1.54, 1.807) is 54.6 Å². The lowest BCUT2D eigenvalue weighted by atomic mass is 9.96. The van der Waals surface area contributed by atoms with E-state index >= 15 is 0 Å². The molecule has 1 aliphatic rings. The van der Waals surface area contributed by atoms with Gasteiger partial charge in [-0.2, -0.15) is 4.31 Å². The van der Waals surface area contributed by atoms with E-state index in [4.69, 9.17) is 16.3 Å². The Bertz CT molecular complexity index is 1380. The van der Waals surface area contributed by atoms with Gasteiger partial charge < -0.3 is 10.1 Å². The highest BCUT2D eigenvalue weighted by atomic mass is 35.5. The molecule has 0 unspecified atom stereocenters. The zero-order chi connectivity index (χ0) is 25.9. The average molecular weight is 527 g/mol. The van der Waals surface area contributed by atoms with Crippen LogP contribution in [0.25, 0.3) is 0 Å². The van der Waals surface area contributed by atoms with Crippen molar-refractivity contribution in [3.63, 3.8) is 0 Å². The Morgan fingerprint density at radius 1 is 1.00 bits per heavy atom. The number of aryl methyl sites for hydroxylation is 1. The number of anilines is 1. The smallest absolute Gasteiger partial charge is 0.246 e. The summed E-state index contributed by atoms with van der Waals surface area (Å²) in [6, 6.07) is 18.6. The first-order valence-corrected chi connectivity index (χ1v) is 13.4. The number of sulfonamides is 1. The number of piperidine rings is 1. The highest BCUT2D eigenvalue weighted by Crippen LogP contribution is 2.31. The number of nitrogens with one attached hydrogen (secondary N) is 1. The number of carbonyl (C=O) groups is 2. The van der Waals surface area contributed by atoms with Gasteiger partial charge >= 0.3 is 0 Å². The Balaban J connectivity index is 1.47. The molecule has 1 amide bonds. The Kier molecular flexibility index (Phi) is 7.78. The van der Waals surface area contributed by atoms with Gasteiger partial charge in [-0.1, -0.05) is 48.0 Å². The maximum atomic E-state index is 13.3. The molecule has 1 saturated heterocycles. The van der Waals surface area contributed by atoms with Crippen LogP contribution in [0.15, 0.2) is 71.6 Å². The highest BCUT2D eigenvalue weighted by molar-refractivity contribution is 7.89. The third-order valence-corrected chi connectivity index (χ3v) is 8.44. The molecule has 0 aromatic heterocycles. The van der Waals surface area contributed by atoms with Crippen LogP contribution in [0.3, 0.4) is 0 Å². The van der Waals surface area contributed by atoms with Gasteiger partial charge in [0.1, 0.15) is 10.6 Å². The fourth-order valence-corrected chi connectivity index (χ4v) is 6.16. The monoisotopic (exact) mass is 526 g/mol. The average Bonchev–Trinajstić information content (AvgIpc) is 2.89. The standard InChI is InChI=1S/C27H27ClN2O5S/c1-18-8-11-24(35-2)25(16-18)36(33,34)30-14-12-20(13-15-30)27(32)29-23-10-9-21(28)17-22(23)26(31)19-6-4-3-5-7-19/h3-11,16-17,20H,12-15H2,1-2H3,(H,29,32). The number of ketones is 1. The van der Waals surface area contributed by atoms with E-state index in [0.29, 0.717) is 40.4 Å². The predicted molar refractivity (Wildman–Crippen MR) is 139 cm³/mol. The second-order valence-corrected chi connectivity index (χ2v) is 11.0. The number of hydrogen-bond acceptors (Lipinski definition) is 5. The molecule has 1 aliphatic heterocycles. The van der Waals surface area contributed by atoms with E-state index in [2.05, 4.69) is 5.32 Å². The Labute approximate surface area is 216 Å². The van der Waals surface area contributed by atoms with Gasteiger partial charge in [0.2, 0.25) is 15.9 Å². The number of hydrogen-bond donors (Lipinski definition) is 1. The molecule has 0 atom stereocenters. The molecule has 4 rings (SSSR count). The number of methoxy groups -OCH3 is 1. The Hall–Kier alpha value is -3.20. The number of benzene rings is 3. The van der Waals surface area contributed by atoms with Gasteiger partial charge in [0.25, 0.3) is 0 Å². The quantitative estimate of drug-likeness (QED) is 0.441. The minimum Gasteiger partial charge on any atom is -0.495 e. The van der Waals surface area contributed by atoms with E-state index in [0.717, 1.165) is 5.56 Å². The fraction of sp³-hybridized carbons (Fsp3) is 0.259. The third-order valence-electron chi connectivity index (χ3n) is 6.28. The number of rotatable bonds is 7. The fourth-order valence-electron chi connectivity index (χ4n) is 4.28. The van der Waals surface area contributed by atoms with Crippen LogP contribution in [-0.4, -0.2) is 44.6 Å². The minimum absolute atomic E-state index is 0.123.